The molecule has 1 heterocycles. The van der Waals surface area contributed by atoms with Crippen LogP contribution >= 0.6 is 23.2 Å². The van der Waals surface area contributed by atoms with Crippen LogP contribution in [0.1, 0.15) is 59.9 Å². The molecule has 1 aliphatic carbocycles. The molecule has 0 radical (unpaired) electrons. The molecule has 2 aromatic carbocycles. The summed E-state index contributed by atoms with van der Waals surface area (Å²) in [5.74, 6) is 1.03. The number of ether oxygens (including phenoxy) is 1. The van der Waals surface area contributed by atoms with Crippen molar-refractivity contribution in [2.75, 3.05) is 0 Å². The van der Waals surface area contributed by atoms with Crippen molar-refractivity contribution in [1.82, 2.24) is 0 Å². The number of benzene rings is 2. The standard InChI is InChI=1S/C25H24Cl2O4/c1-15-20(14-23(30-15)18-12-11-17(26)13-21(18)27)24(16-7-3-2-4-8-16)31-22-10-6-5-9-19(22)25(28)29/h5-6,9-14,16,24H,2-4,7-8H2,1H3,(H,28,29). The van der Waals surface area contributed by atoms with Gasteiger partial charge in [-0.15, -0.1) is 0 Å². The van der Waals surface area contributed by atoms with Gasteiger partial charge >= 0.3 is 5.97 Å². The highest BCUT2D eigenvalue weighted by atomic mass is 35.5. The summed E-state index contributed by atoms with van der Waals surface area (Å²) in [6, 6.07) is 14.0. The summed E-state index contributed by atoms with van der Waals surface area (Å²) in [5, 5.41) is 10.7. The van der Waals surface area contributed by atoms with Gasteiger partial charge in [0.15, 0.2) is 0 Å². The molecule has 0 amide bonds. The summed E-state index contributed by atoms with van der Waals surface area (Å²) in [6.45, 7) is 1.91. The first kappa shape index (κ1) is 21.8. The fraction of sp³-hybridized carbons (Fsp3) is 0.320. The lowest BCUT2D eigenvalue weighted by Gasteiger charge is -2.31. The molecule has 4 nitrogen and oxygen atoms in total. The Morgan fingerprint density at radius 3 is 2.55 bits per heavy atom. The van der Waals surface area contributed by atoms with Crippen molar-refractivity contribution in [1.29, 1.82) is 0 Å². The minimum atomic E-state index is -1.00. The van der Waals surface area contributed by atoms with Gasteiger partial charge in [0.25, 0.3) is 0 Å². The number of carboxylic acid groups (broad SMARTS) is 1. The lowest BCUT2D eigenvalue weighted by molar-refractivity contribution is 0.0675. The largest absolute Gasteiger partial charge is 0.484 e. The molecular weight excluding hydrogens is 435 g/mol. The van der Waals surface area contributed by atoms with Gasteiger partial charge in [-0.05, 0) is 56.2 Å². The number of hydrogen-bond donors (Lipinski definition) is 1. The number of rotatable bonds is 6. The first-order valence-corrected chi connectivity index (χ1v) is 11.2. The van der Waals surface area contributed by atoms with E-state index in [-0.39, 0.29) is 17.6 Å². The van der Waals surface area contributed by atoms with Gasteiger partial charge in [-0.1, -0.05) is 54.6 Å². The molecule has 1 unspecified atom stereocenters. The summed E-state index contributed by atoms with van der Waals surface area (Å²) in [4.78, 5) is 11.7. The van der Waals surface area contributed by atoms with Gasteiger partial charge in [0.05, 0.1) is 5.02 Å². The molecule has 0 bridgehead atoms. The van der Waals surface area contributed by atoms with Gasteiger partial charge in [0.1, 0.15) is 28.9 Å². The molecule has 1 N–H and O–H groups in total. The van der Waals surface area contributed by atoms with E-state index >= 15 is 0 Å². The molecular formula is C25H24Cl2O4. The Bertz CT molecular complexity index is 1080. The molecule has 1 fully saturated rings. The lowest BCUT2D eigenvalue weighted by Crippen LogP contribution is -2.22. The third-order valence-corrected chi connectivity index (χ3v) is 6.46. The predicted octanol–water partition coefficient (Wildman–Crippen LogP) is 7.96. The molecule has 1 atom stereocenters. The van der Waals surface area contributed by atoms with E-state index in [1.54, 1.807) is 36.4 Å². The van der Waals surface area contributed by atoms with Crippen LogP contribution in [0.3, 0.4) is 0 Å². The molecule has 4 rings (SSSR count). The number of carbonyl (C=O) groups is 1. The number of furan rings is 1. The van der Waals surface area contributed by atoms with E-state index in [2.05, 4.69) is 0 Å². The van der Waals surface area contributed by atoms with E-state index in [1.165, 1.54) is 6.42 Å². The molecule has 0 saturated heterocycles. The third-order valence-electron chi connectivity index (χ3n) is 5.91. The molecule has 0 aliphatic heterocycles. The van der Waals surface area contributed by atoms with E-state index in [4.69, 9.17) is 32.4 Å². The van der Waals surface area contributed by atoms with Crippen LogP contribution in [0.2, 0.25) is 10.0 Å². The maximum absolute atomic E-state index is 11.7. The van der Waals surface area contributed by atoms with Gasteiger partial charge in [-0.2, -0.15) is 0 Å². The van der Waals surface area contributed by atoms with Gasteiger partial charge in [-0.3, -0.25) is 0 Å². The monoisotopic (exact) mass is 458 g/mol. The summed E-state index contributed by atoms with van der Waals surface area (Å²) in [5.41, 5.74) is 1.84. The first-order chi connectivity index (χ1) is 14.9. The molecule has 0 spiro atoms. The van der Waals surface area contributed by atoms with E-state index in [9.17, 15) is 9.90 Å². The highest BCUT2D eigenvalue weighted by Gasteiger charge is 2.31. The number of para-hydroxylation sites is 1. The molecule has 3 aromatic rings. The van der Waals surface area contributed by atoms with Crippen molar-refractivity contribution in [2.24, 2.45) is 5.92 Å². The van der Waals surface area contributed by atoms with E-state index < -0.39 is 5.97 Å². The topological polar surface area (TPSA) is 59.7 Å². The van der Waals surface area contributed by atoms with Crippen molar-refractivity contribution in [3.05, 3.63) is 75.5 Å². The Morgan fingerprint density at radius 1 is 1.10 bits per heavy atom. The van der Waals surface area contributed by atoms with E-state index in [1.807, 2.05) is 19.1 Å². The Hall–Kier alpha value is -2.43. The molecule has 162 valence electrons. The van der Waals surface area contributed by atoms with Crippen molar-refractivity contribution < 1.29 is 19.1 Å². The Balaban J connectivity index is 1.74. The maximum atomic E-state index is 11.7. The Morgan fingerprint density at radius 2 is 1.84 bits per heavy atom. The third kappa shape index (κ3) is 4.76. The van der Waals surface area contributed by atoms with E-state index in [0.29, 0.717) is 21.6 Å². The SMILES string of the molecule is Cc1oc(-c2ccc(Cl)cc2Cl)cc1C(Oc1ccccc1C(=O)O)C1CCCCC1. The number of aromatic carboxylic acids is 1. The zero-order chi connectivity index (χ0) is 22.0. The summed E-state index contributed by atoms with van der Waals surface area (Å²) >= 11 is 12.4. The normalized spacial score (nSPS) is 15.6. The molecule has 1 aliphatic rings. The molecule has 6 heteroatoms. The van der Waals surface area contributed by atoms with Crippen molar-refractivity contribution in [3.8, 4) is 17.1 Å². The zero-order valence-corrected chi connectivity index (χ0v) is 18.7. The lowest BCUT2D eigenvalue weighted by atomic mass is 9.82. The quantitative estimate of drug-likeness (QED) is 0.406. The number of hydrogen-bond acceptors (Lipinski definition) is 3. The minimum absolute atomic E-state index is 0.158. The smallest absolute Gasteiger partial charge is 0.339 e. The second kappa shape index (κ2) is 9.37. The second-order valence-electron chi connectivity index (χ2n) is 7.98. The van der Waals surface area contributed by atoms with E-state index in [0.717, 1.165) is 42.6 Å². The highest BCUT2D eigenvalue weighted by molar-refractivity contribution is 6.36. The molecule has 1 aromatic heterocycles. The van der Waals surface area contributed by atoms with Gasteiger partial charge in [0.2, 0.25) is 0 Å². The zero-order valence-electron chi connectivity index (χ0n) is 17.2. The first-order valence-electron chi connectivity index (χ1n) is 10.5. The van der Waals surface area contributed by atoms with Crippen LogP contribution in [0.15, 0.2) is 52.9 Å². The second-order valence-corrected chi connectivity index (χ2v) is 8.83. The molecule has 1 saturated carbocycles. The van der Waals surface area contributed by atoms with Crippen LogP contribution in [0.4, 0.5) is 0 Å². The minimum Gasteiger partial charge on any atom is -0.484 e. The fourth-order valence-corrected chi connectivity index (χ4v) is 4.84. The van der Waals surface area contributed by atoms with Crippen LogP contribution in [0.5, 0.6) is 5.75 Å². The summed E-state index contributed by atoms with van der Waals surface area (Å²) in [7, 11) is 0. The Labute approximate surface area is 191 Å². The highest BCUT2D eigenvalue weighted by Crippen LogP contribution is 2.42. The van der Waals surface area contributed by atoms with Crippen LogP contribution in [0.25, 0.3) is 11.3 Å². The van der Waals surface area contributed by atoms with Crippen LogP contribution in [-0.2, 0) is 0 Å². The van der Waals surface area contributed by atoms with Crippen LogP contribution in [-0.4, -0.2) is 11.1 Å². The van der Waals surface area contributed by atoms with Crippen molar-refractivity contribution >= 4 is 29.2 Å². The average Bonchev–Trinajstić information content (AvgIpc) is 3.13. The molecule has 31 heavy (non-hydrogen) atoms. The van der Waals surface area contributed by atoms with Gasteiger partial charge in [-0.25, -0.2) is 4.79 Å². The predicted molar refractivity (Wildman–Crippen MR) is 122 cm³/mol. The van der Waals surface area contributed by atoms with Gasteiger partial charge < -0.3 is 14.3 Å². The number of halogens is 2. The number of aryl methyl sites for hydroxylation is 1. The fourth-order valence-electron chi connectivity index (χ4n) is 4.33. The summed E-state index contributed by atoms with van der Waals surface area (Å²) in [6.07, 6.45) is 5.24. The maximum Gasteiger partial charge on any atom is 0.339 e. The van der Waals surface area contributed by atoms with Crippen LogP contribution in [0, 0.1) is 12.8 Å². The Kier molecular flexibility index (Phi) is 6.59. The van der Waals surface area contributed by atoms with Crippen LogP contribution < -0.4 is 4.74 Å². The van der Waals surface area contributed by atoms with Crippen molar-refractivity contribution in [2.45, 2.75) is 45.1 Å². The average molecular weight is 459 g/mol. The van der Waals surface area contributed by atoms with Crippen molar-refractivity contribution in [3.63, 3.8) is 0 Å². The number of carboxylic acids is 1. The summed E-state index contributed by atoms with van der Waals surface area (Å²) < 4.78 is 12.5. The van der Waals surface area contributed by atoms with Gasteiger partial charge in [0, 0.05) is 22.1 Å².